The third kappa shape index (κ3) is 11.4. The molecule has 0 saturated heterocycles. The van der Waals surface area contributed by atoms with Gasteiger partial charge in [-0.3, -0.25) is 14.8 Å². The largest absolute Gasteiger partial charge is 0.478 e. The van der Waals surface area contributed by atoms with Crippen LogP contribution in [0.3, 0.4) is 0 Å². The van der Waals surface area contributed by atoms with Gasteiger partial charge in [0.15, 0.2) is 23.3 Å². The SMILES string of the molecule is CC(C)(O)c1cncc(C(=O)Nc2cc(F)c(F)cc2NC2CC2)c1.CC(C)(O)c1cncc(C(=O)O)c1.Nc1cc(F)c(F)cc1NC1CC1. The number of aliphatic hydroxyl groups is 2. The molecule has 0 spiro atoms. The lowest BCUT2D eigenvalue weighted by atomic mass is 9.99. The van der Waals surface area contributed by atoms with Crippen molar-refractivity contribution in [3.05, 3.63) is 107 Å². The molecule has 0 bridgehead atoms. The van der Waals surface area contributed by atoms with E-state index in [9.17, 15) is 37.4 Å². The van der Waals surface area contributed by atoms with Crippen LogP contribution in [0.15, 0.2) is 61.2 Å². The summed E-state index contributed by atoms with van der Waals surface area (Å²) < 4.78 is 52.5. The van der Waals surface area contributed by atoms with E-state index in [1.54, 1.807) is 27.7 Å². The van der Waals surface area contributed by atoms with E-state index in [-0.39, 0.29) is 28.5 Å². The van der Waals surface area contributed by atoms with Gasteiger partial charge >= 0.3 is 5.97 Å². The Morgan fingerprint density at radius 2 is 1.08 bits per heavy atom. The van der Waals surface area contributed by atoms with E-state index in [2.05, 4.69) is 25.9 Å². The van der Waals surface area contributed by atoms with Crippen LogP contribution in [0.4, 0.5) is 40.3 Å². The van der Waals surface area contributed by atoms with Crippen molar-refractivity contribution < 1.29 is 42.5 Å². The molecule has 2 aliphatic rings. The number of nitrogen functional groups attached to an aromatic ring is 1. The summed E-state index contributed by atoms with van der Waals surface area (Å²) in [6.07, 6.45) is 9.54. The molecule has 0 radical (unpaired) electrons. The van der Waals surface area contributed by atoms with Crippen LogP contribution in [-0.4, -0.2) is 49.2 Å². The van der Waals surface area contributed by atoms with Crippen molar-refractivity contribution in [2.45, 2.75) is 76.7 Å². The lowest BCUT2D eigenvalue weighted by Crippen LogP contribution is -2.19. The number of aromatic carboxylic acids is 1. The Labute approximate surface area is 292 Å². The number of carbonyl (C=O) groups excluding carboxylic acids is 1. The number of amides is 1. The number of hydrogen-bond acceptors (Lipinski definition) is 9. The van der Waals surface area contributed by atoms with Crippen LogP contribution < -0.4 is 21.7 Å². The number of nitrogens with two attached hydrogens (primary N) is 1. The molecule has 8 N–H and O–H groups in total. The van der Waals surface area contributed by atoms with Crippen molar-refractivity contribution in [2.24, 2.45) is 0 Å². The van der Waals surface area contributed by atoms with Crippen molar-refractivity contribution in [3.8, 4) is 0 Å². The Balaban J connectivity index is 0.000000189. The van der Waals surface area contributed by atoms with Gasteiger partial charge < -0.3 is 37.0 Å². The number of anilines is 4. The fraction of sp³-hybridized carbons (Fsp3) is 0.333. The summed E-state index contributed by atoms with van der Waals surface area (Å²) in [5.74, 6) is -5.36. The second kappa shape index (κ2) is 15.7. The van der Waals surface area contributed by atoms with Gasteiger partial charge in [0.25, 0.3) is 5.91 Å². The molecule has 2 heterocycles. The van der Waals surface area contributed by atoms with Crippen LogP contribution in [-0.2, 0) is 11.2 Å². The van der Waals surface area contributed by atoms with E-state index in [1.807, 2.05) is 0 Å². The molecule has 0 atom stereocenters. The molecule has 2 fully saturated rings. The molecule has 51 heavy (non-hydrogen) atoms. The zero-order valence-electron chi connectivity index (χ0n) is 28.4. The fourth-order valence-corrected chi connectivity index (χ4v) is 4.34. The number of halogens is 4. The number of aromatic nitrogens is 2. The van der Waals surface area contributed by atoms with Gasteiger partial charge in [-0.25, -0.2) is 22.4 Å². The molecular weight excluding hydrogens is 672 g/mol. The molecule has 11 nitrogen and oxygen atoms in total. The number of carboxylic acids is 1. The Morgan fingerprint density at radius 3 is 1.55 bits per heavy atom. The predicted octanol–water partition coefficient (Wildman–Crippen LogP) is 6.54. The van der Waals surface area contributed by atoms with Crippen molar-refractivity contribution in [1.29, 1.82) is 0 Å². The number of rotatable bonds is 9. The first-order valence-electron chi connectivity index (χ1n) is 16.0. The molecule has 2 aliphatic carbocycles. The molecule has 6 rings (SSSR count). The summed E-state index contributed by atoms with van der Waals surface area (Å²) in [6, 6.07) is 7.60. The Morgan fingerprint density at radius 1 is 0.667 bits per heavy atom. The molecular formula is C36H40F4N6O5. The summed E-state index contributed by atoms with van der Waals surface area (Å²) in [5, 5.41) is 36.9. The highest BCUT2D eigenvalue weighted by Gasteiger charge is 2.25. The molecule has 2 aromatic carbocycles. The third-order valence-corrected chi connectivity index (χ3v) is 7.67. The Kier molecular flexibility index (Phi) is 11.9. The monoisotopic (exact) mass is 712 g/mol. The summed E-state index contributed by atoms with van der Waals surface area (Å²) in [5.41, 5.74) is 5.79. The number of nitrogens with zero attached hydrogens (tertiary/aromatic N) is 2. The molecule has 0 aliphatic heterocycles. The van der Waals surface area contributed by atoms with Gasteiger partial charge in [-0.1, -0.05) is 0 Å². The topological polar surface area (TPSA) is 183 Å². The van der Waals surface area contributed by atoms with E-state index in [4.69, 9.17) is 10.8 Å². The normalized spacial score (nSPS) is 13.9. The number of carbonyl (C=O) groups is 2. The van der Waals surface area contributed by atoms with E-state index in [1.165, 1.54) is 36.9 Å². The van der Waals surface area contributed by atoms with Gasteiger partial charge in [-0.15, -0.1) is 0 Å². The quantitative estimate of drug-likeness (QED) is 0.0743. The molecule has 2 saturated carbocycles. The van der Waals surface area contributed by atoms with E-state index in [0.29, 0.717) is 28.5 Å². The van der Waals surface area contributed by atoms with E-state index < -0.39 is 46.3 Å². The van der Waals surface area contributed by atoms with Crippen LogP contribution in [0.25, 0.3) is 0 Å². The van der Waals surface area contributed by atoms with Gasteiger partial charge in [0.05, 0.1) is 45.1 Å². The number of nitrogens with one attached hydrogen (secondary N) is 3. The lowest BCUT2D eigenvalue weighted by molar-refractivity contribution is 0.0690. The highest BCUT2D eigenvalue weighted by Crippen LogP contribution is 2.32. The number of carboxylic acid groups (broad SMARTS) is 1. The van der Waals surface area contributed by atoms with Crippen LogP contribution in [0.1, 0.15) is 85.2 Å². The zero-order valence-corrected chi connectivity index (χ0v) is 28.4. The van der Waals surface area contributed by atoms with Crippen molar-refractivity contribution in [1.82, 2.24) is 9.97 Å². The maximum Gasteiger partial charge on any atom is 0.337 e. The fourth-order valence-electron chi connectivity index (χ4n) is 4.34. The maximum absolute atomic E-state index is 13.6. The molecule has 1 amide bonds. The maximum atomic E-state index is 13.6. The molecule has 0 unspecified atom stereocenters. The van der Waals surface area contributed by atoms with Gasteiger partial charge in [0.1, 0.15) is 0 Å². The third-order valence-electron chi connectivity index (χ3n) is 7.67. The minimum Gasteiger partial charge on any atom is -0.478 e. The average molecular weight is 713 g/mol. The first-order chi connectivity index (χ1) is 23.8. The van der Waals surface area contributed by atoms with Crippen LogP contribution in [0, 0.1) is 23.3 Å². The Bertz CT molecular complexity index is 1890. The van der Waals surface area contributed by atoms with Gasteiger partial charge in [0.2, 0.25) is 0 Å². The van der Waals surface area contributed by atoms with Crippen LogP contribution in [0.2, 0.25) is 0 Å². The van der Waals surface area contributed by atoms with Crippen LogP contribution in [0.5, 0.6) is 0 Å². The smallest absolute Gasteiger partial charge is 0.337 e. The summed E-state index contributed by atoms with van der Waals surface area (Å²) in [7, 11) is 0. The molecule has 15 heteroatoms. The standard InChI is InChI=1S/C18H19F2N3O2.C9H10F2N2.C9H11NO3/c1-18(2,25)11-5-10(8-21-9-11)17(24)23-16-7-14(20)13(19)6-15(16)22-12-3-4-12;10-6-3-8(12)9(4-7(6)11)13-5-1-2-5;1-9(2,13)7-3-6(8(11)12)4-10-5-7/h5-9,12,22,25H,3-4H2,1-2H3,(H,23,24);3-5,13H,1-2,12H2;3-5,13H,1-2H3,(H,11,12). The van der Waals surface area contributed by atoms with Gasteiger partial charge in [-0.2, -0.15) is 0 Å². The predicted molar refractivity (Wildman–Crippen MR) is 184 cm³/mol. The Hall–Kier alpha value is -5.28. The van der Waals surface area contributed by atoms with Crippen molar-refractivity contribution in [3.63, 3.8) is 0 Å². The van der Waals surface area contributed by atoms with Crippen molar-refractivity contribution in [2.75, 3.05) is 21.7 Å². The lowest BCUT2D eigenvalue weighted by Gasteiger charge is -2.18. The molecule has 272 valence electrons. The minimum absolute atomic E-state index is 0.0830. The van der Waals surface area contributed by atoms with Gasteiger partial charge in [0, 0.05) is 72.3 Å². The molecule has 2 aromatic heterocycles. The first-order valence-corrected chi connectivity index (χ1v) is 16.0. The average Bonchev–Trinajstić information content (AvgIpc) is 4.00. The number of benzene rings is 2. The van der Waals surface area contributed by atoms with E-state index >= 15 is 0 Å². The van der Waals surface area contributed by atoms with Crippen molar-refractivity contribution >= 4 is 34.6 Å². The second-order valence-electron chi connectivity index (χ2n) is 13.3. The second-order valence-corrected chi connectivity index (χ2v) is 13.3. The highest BCUT2D eigenvalue weighted by molar-refractivity contribution is 6.05. The summed E-state index contributed by atoms with van der Waals surface area (Å²) in [4.78, 5) is 30.7. The number of pyridine rings is 2. The minimum atomic E-state index is -1.15. The summed E-state index contributed by atoms with van der Waals surface area (Å²) in [6.45, 7) is 6.32. The first kappa shape index (κ1) is 38.5. The highest BCUT2D eigenvalue weighted by atomic mass is 19.2. The zero-order chi connectivity index (χ0) is 37.7. The van der Waals surface area contributed by atoms with E-state index in [0.717, 1.165) is 49.9 Å². The van der Waals surface area contributed by atoms with Crippen LogP contribution >= 0.6 is 0 Å². The van der Waals surface area contributed by atoms with Gasteiger partial charge in [-0.05, 0) is 65.5 Å². The number of hydrogen-bond donors (Lipinski definition) is 7. The molecule has 4 aromatic rings. The summed E-state index contributed by atoms with van der Waals surface area (Å²) >= 11 is 0.